The molecular formula is C14H12N6S. The molecule has 0 bridgehead atoms. The van der Waals surface area contributed by atoms with E-state index in [0.717, 1.165) is 22.3 Å². The smallest absolute Gasteiger partial charge is 0.184 e. The fourth-order valence-electron chi connectivity index (χ4n) is 1.99. The maximum absolute atomic E-state index is 5.35. The van der Waals surface area contributed by atoms with Crippen LogP contribution in [0.3, 0.4) is 0 Å². The number of imidazole rings is 1. The lowest BCUT2D eigenvalue weighted by Gasteiger charge is -2.07. The summed E-state index contributed by atoms with van der Waals surface area (Å²) in [6.45, 7) is 0. The maximum Gasteiger partial charge on any atom is 0.184 e. The highest BCUT2D eigenvalue weighted by atomic mass is 32.1. The first kappa shape index (κ1) is 13.2. The van der Waals surface area contributed by atoms with E-state index in [9.17, 15) is 0 Å². The zero-order chi connectivity index (χ0) is 14.7. The summed E-state index contributed by atoms with van der Waals surface area (Å²) >= 11 is 4.72. The third-order valence-electron chi connectivity index (χ3n) is 2.89. The average molecular weight is 296 g/mol. The SMILES string of the molecule is NC(=S)N/N=C/c1nc(-n2ccnc2)cc2ccccc12. The van der Waals surface area contributed by atoms with Crippen molar-refractivity contribution in [3.05, 3.63) is 54.7 Å². The van der Waals surface area contributed by atoms with Gasteiger partial charge in [0.25, 0.3) is 0 Å². The topological polar surface area (TPSA) is 81.1 Å². The first-order chi connectivity index (χ1) is 10.2. The van der Waals surface area contributed by atoms with Gasteiger partial charge in [-0.25, -0.2) is 9.97 Å². The number of aromatic nitrogens is 3. The van der Waals surface area contributed by atoms with E-state index in [1.807, 2.05) is 41.1 Å². The summed E-state index contributed by atoms with van der Waals surface area (Å²) in [7, 11) is 0. The van der Waals surface area contributed by atoms with Gasteiger partial charge in [0, 0.05) is 17.8 Å². The summed E-state index contributed by atoms with van der Waals surface area (Å²) in [5.74, 6) is 0.767. The molecule has 0 atom stereocenters. The predicted molar refractivity (Wildman–Crippen MR) is 86.4 cm³/mol. The summed E-state index contributed by atoms with van der Waals surface area (Å²) in [5.41, 5.74) is 8.61. The Hall–Kier alpha value is -2.80. The first-order valence-corrected chi connectivity index (χ1v) is 6.61. The summed E-state index contributed by atoms with van der Waals surface area (Å²) in [6.07, 6.45) is 6.84. The maximum atomic E-state index is 5.35. The van der Waals surface area contributed by atoms with Gasteiger partial charge in [0.05, 0.1) is 11.9 Å². The number of fused-ring (bicyclic) bond motifs is 1. The molecule has 7 heteroatoms. The van der Waals surface area contributed by atoms with Crippen molar-refractivity contribution in [3.63, 3.8) is 0 Å². The number of rotatable bonds is 3. The van der Waals surface area contributed by atoms with Crippen LogP contribution in [0.15, 0.2) is 54.2 Å². The number of nitrogens with two attached hydrogens (primary N) is 1. The summed E-state index contributed by atoms with van der Waals surface area (Å²) in [6, 6.07) is 9.95. The van der Waals surface area contributed by atoms with Crippen LogP contribution in [-0.4, -0.2) is 25.9 Å². The Morgan fingerprint density at radius 3 is 3.00 bits per heavy atom. The van der Waals surface area contributed by atoms with E-state index in [-0.39, 0.29) is 5.11 Å². The van der Waals surface area contributed by atoms with Gasteiger partial charge >= 0.3 is 0 Å². The van der Waals surface area contributed by atoms with Crippen LogP contribution in [0, 0.1) is 0 Å². The molecule has 0 fully saturated rings. The van der Waals surface area contributed by atoms with Gasteiger partial charge in [-0.05, 0) is 23.7 Å². The fraction of sp³-hybridized carbons (Fsp3) is 0. The molecule has 0 saturated heterocycles. The molecule has 0 aliphatic carbocycles. The second-order valence-corrected chi connectivity index (χ2v) is 4.73. The number of hydrogen-bond acceptors (Lipinski definition) is 4. The van der Waals surface area contributed by atoms with Gasteiger partial charge in [-0.3, -0.25) is 9.99 Å². The minimum absolute atomic E-state index is 0.112. The molecule has 0 unspecified atom stereocenters. The highest BCUT2D eigenvalue weighted by molar-refractivity contribution is 7.80. The van der Waals surface area contributed by atoms with Gasteiger partial charge in [0.15, 0.2) is 5.11 Å². The third-order valence-corrected chi connectivity index (χ3v) is 2.98. The van der Waals surface area contributed by atoms with E-state index in [0.29, 0.717) is 0 Å². The largest absolute Gasteiger partial charge is 0.375 e. The van der Waals surface area contributed by atoms with Crippen LogP contribution >= 0.6 is 12.2 Å². The Morgan fingerprint density at radius 1 is 1.38 bits per heavy atom. The molecule has 0 amide bonds. The molecule has 3 rings (SSSR count). The van der Waals surface area contributed by atoms with Gasteiger partial charge in [-0.15, -0.1) is 0 Å². The van der Waals surface area contributed by atoms with Crippen molar-refractivity contribution in [2.75, 3.05) is 0 Å². The molecule has 1 aromatic carbocycles. The number of hydrazone groups is 1. The zero-order valence-electron chi connectivity index (χ0n) is 11.0. The van der Waals surface area contributed by atoms with Crippen molar-refractivity contribution in [1.29, 1.82) is 0 Å². The van der Waals surface area contributed by atoms with Crippen LogP contribution < -0.4 is 11.2 Å². The lowest BCUT2D eigenvalue weighted by Crippen LogP contribution is -2.24. The first-order valence-electron chi connectivity index (χ1n) is 6.20. The lowest BCUT2D eigenvalue weighted by molar-refractivity contribution is 0.992. The van der Waals surface area contributed by atoms with Gasteiger partial charge in [0.2, 0.25) is 0 Å². The zero-order valence-corrected chi connectivity index (χ0v) is 11.8. The van der Waals surface area contributed by atoms with Gasteiger partial charge in [-0.2, -0.15) is 5.10 Å². The molecule has 0 saturated carbocycles. The molecule has 2 heterocycles. The van der Waals surface area contributed by atoms with E-state index < -0.39 is 0 Å². The molecule has 0 spiro atoms. The number of pyridine rings is 1. The van der Waals surface area contributed by atoms with E-state index in [4.69, 9.17) is 18.0 Å². The normalized spacial score (nSPS) is 11.0. The fourth-order valence-corrected chi connectivity index (χ4v) is 2.05. The molecular weight excluding hydrogens is 284 g/mol. The van der Waals surface area contributed by atoms with Gasteiger partial charge < -0.3 is 5.73 Å². The van der Waals surface area contributed by atoms with Gasteiger partial charge in [-0.1, -0.05) is 24.3 Å². The number of thiocarbonyl (C=S) groups is 1. The van der Waals surface area contributed by atoms with Crippen molar-refractivity contribution in [1.82, 2.24) is 20.0 Å². The van der Waals surface area contributed by atoms with E-state index in [1.165, 1.54) is 0 Å². The monoisotopic (exact) mass is 296 g/mol. The number of benzene rings is 1. The van der Waals surface area contributed by atoms with Crippen molar-refractivity contribution < 1.29 is 0 Å². The Morgan fingerprint density at radius 2 is 2.24 bits per heavy atom. The van der Waals surface area contributed by atoms with Crippen molar-refractivity contribution in [2.24, 2.45) is 10.8 Å². The Bertz CT molecular complexity index is 809. The Balaban J connectivity index is 2.11. The second kappa shape index (κ2) is 5.68. The number of nitrogens with zero attached hydrogens (tertiary/aromatic N) is 4. The van der Waals surface area contributed by atoms with Crippen LogP contribution in [0.25, 0.3) is 16.6 Å². The highest BCUT2D eigenvalue weighted by Gasteiger charge is 2.05. The van der Waals surface area contributed by atoms with Crippen LogP contribution in [-0.2, 0) is 0 Å². The molecule has 3 aromatic rings. The minimum Gasteiger partial charge on any atom is -0.375 e. The molecule has 0 aliphatic rings. The van der Waals surface area contributed by atoms with E-state index in [1.54, 1.807) is 18.7 Å². The molecule has 6 nitrogen and oxygen atoms in total. The van der Waals surface area contributed by atoms with Crippen LogP contribution in [0.1, 0.15) is 5.69 Å². The quantitative estimate of drug-likeness (QED) is 0.436. The van der Waals surface area contributed by atoms with Crippen molar-refractivity contribution in [3.8, 4) is 5.82 Å². The van der Waals surface area contributed by atoms with Gasteiger partial charge in [0.1, 0.15) is 12.1 Å². The molecule has 0 aliphatic heterocycles. The minimum atomic E-state index is 0.112. The summed E-state index contributed by atoms with van der Waals surface area (Å²) in [5, 5.41) is 6.16. The van der Waals surface area contributed by atoms with Crippen LogP contribution in [0.2, 0.25) is 0 Å². The third kappa shape index (κ3) is 2.87. The summed E-state index contributed by atoms with van der Waals surface area (Å²) in [4.78, 5) is 8.63. The van der Waals surface area contributed by atoms with E-state index in [2.05, 4.69) is 20.5 Å². The second-order valence-electron chi connectivity index (χ2n) is 4.29. The number of hydrogen-bond donors (Lipinski definition) is 2. The van der Waals surface area contributed by atoms with Crippen molar-refractivity contribution in [2.45, 2.75) is 0 Å². The molecule has 0 radical (unpaired) electrons. The van der Waals surface area contributed by atoms with E-state index >= 15 is 0 Å². The highest BCUT2D eigenvalue weighted by Crippen LogP contribution is 2.19. The number of nitrogens with one attached hydrogen (secondary N) is 1. The van der Waals surface area contributed by atoms with Crippen molar-refractivity contribution >= 4 is 34.3 Å². The van der Waals surface area contributed by atoms with Crippen LogP contribution in [0.4, 0.5) is 0 Å². The molecule has 104 valence electrons. The molecule has 2 aromatic heterocycles. The molecule has 3 N–H and O–H groups in total. The standard InChI is InChI=1S/C14H12N6S/c15-14(21)19-17-8-12-11-4-2-1-3-10(11)7-13(18-12)20-6-5-16-9-20/h1-9H,(H3,15,19,21)/b17-8+. The average Bonchev–Trinajstić information content (AvgIpc) is 3.01. The van der Waals surface area contributed by atoms with Crippen LogP contribution in [0.5, 0.6) is 0 Å². The summed E-state index contributed by atoms with van der Waals surface area (Å²) < 4.78 is 1.84. The Labute approximate surface area is 126 Å². The molecule has 21 heavy (non-hydrogen) atoms. The Kier molecular flexibility index (Phi) is 3.57. The predicted octanol–water partition coefficient (Wildman–Crippen LogP) is 1.59. The lowest BCUT2D eigenvalue weighted by atomic mass is 10.1.